The van der Waals surface area contributed by atoms with Crippen LogP contribution in [-0.2, 0) is 14.8 Å². The van der Waals surface area contributed by atoms with Gasteiger partial charge in [-0.25, -0.2) is 12.8 Å². The molecule has 1 saturated carbocycles. The molecule has 1 aromatic carbocycles. The lowest BCUT2D eigenvalue weighted by molar-refractivity contribution is -0.124. The number of hydrogen-bond acceptors (Lipinski definition) is 4. The van der Waals surface area contributed by atoms with E-state index >= 15 is 0 Å². The second-order valence-corrected chi connectivity index (χ2v) is 9.51. The number of likely N-dealkylation sites (tertiary alicyclic amines) is 1. The zero-order valence-electron chi connectivity index (χ0n) is 15.8. The van der Waals surface area contributed by atoms with Crippen LogP contribution < -0.4 is 10.0 Å². The van der Waals surface area contributed by atoms with Crippen LogP contribution in [0.25, 0.3) is 0 Å². The summed E-state index contributed by atoms with van der Waals surface area (Å²) in [5.41, 5.74) is 0. The van der Waals surface area contributed by atoms with E-state index in [0.29, 0.717) is 0 Å². The van der Waals surface area contributed by atoms with E-state index in [1.165, 1.54) is 31.0 Å². The molecule has 0 spiro atoms. The molecule has 27 heavy (non-hydrogen) atoms. The smallest absolute Gasteiger partial charge is 0.244 e. The number of rotatable bonds is 7. The lowest BCUT2D eigenvalue weighted by atomic mass is 10.0. The fourth-order valence-corrected chi connectivity index (χ4v) is 4.95. The normalized spacial score (nSPS) is 20.6. The van der Waals surface area contributed by atoms with Crippen LogP contribution in [0.2, 0.25) is 0 Å². The Bertz CT molecular complexity index is 772. The first-order chi connectivity index (χ1) is 12.8. The van der Waals surface area contributed by atoms with E-state index in [9.17, 15) is 17.6 Å². The summed E-state index contributed by atoms with van der Waals surface area (Å²) in [5.74, 6) is -1.45. The number of carbonyl (C=O) groups is 1. The maximum Gasteiger partial charge on any atom is 0.244 e. The minimum atomic E-state index is -4.13. The zero-order valence-corrected chi connectivity index (χ0v) is 16.6. The first-order valence-corrected chi connectivity index (χ1v) is 11.1. The van der Waals surface area contributed by atoms with Gasteiger partial charge in [0.2, 0.25) is 15.9 Å². The summed E-state index contributed by atoms with van der Waals surface area (Å²) in [6.45, 7) is 5.46. The number of halogens is 1. The molecule has 0 radical (unpaired) electrons. The average Bonchev–Trinajstić information content (AvgIpc) is 3.45. The molecule has 8 heteroatoms. The molecule has 1 aliphatic heterocycles. The number of hydrogen-bond donors (Lipinski definition) is 2. The van der Waals surface area contributed by atoms with E-state index in [0.717, 1.165) is 38.0 Å². The molecule has 0 bridgehead atoms. The molecule has 0 unspecified atom stereocenters. The molecule has 1 amide bonds. The maximum absolute atomic E-state index is 13.9. The van der Waals surface area contributed by atoms with Crippen LogP contribution in [0, 0.1) is 11.7 Å². The summed E-state index contributed by atoms with van der Waals surface area (Å²) >= 11 is 0. The number of carbonyl (C=O) groups excluding carboxylic acids is 1. The van der Waals surface area contributed by atoms with Crippen molar-refractivity contribution in [1.29, 1.82) is 0 Å². The van der Waals surface area contributed by atoms with Crippen molar-refractivity contribution in [3.8, 4) is 0 Å². The van der Waals surface area contributed by atoms with Crippen molar-refractivity contribution < 1.29 is 17.6 Å². The molecule has 2 aliphatic rings. The van der Waals surface area contributed by atoms with Crippen LogP contribution in [0.4, 0.5) is 4.39 Å². The van der Waals surface area contributed by atoms with Crippen molar-refractivity contribution in [2.45, 2.75) is 62.6 Å². The van der Waals surface area contributed by atoms with E-state index in [-0.39, 0.29) is 17.9 Å². The second kappa shape index (κ2) is 8.24. The van der Waals surface area contributed by atoms with Gasteiger partial charge >= 0.3 is 0 Å². The van der Waals surface area contributed by atoms with Crippen molar-refractivity contribution in [3.63, 3.8) is 0 Å². The summed E-state index contributed by atoms with van der Waals surface area (Å²) in [6.07, 6.45) is 4.27. The summed E-state index contributed by atoms with van der Waals surface area (Å²) in [6, 6.07) is 4.98. The summed E-state index contributed by atoms with van der Waals surface area (Å²) in [5, 5.41) is 2.98. The largest absolute Gasteiger partial charge is 0.352 e. The van der Waals surface area contributed by atoms with E-state index < -0.39 is 26.8 Å². The highest BCUT2D eigenvalue weighted by Gasteiger charge is 2.34. The zero-order chi connectivity index (χ0) is 19.6. The minimum Gasteiger partial charge on any atom is -0.352 e. The highest BCUT2D eigenvalue weighted by Crippen LogP contribution is 2.29. The quantitative estimate of drug-likeness (QED) is 0.736. The SMILES string of the molecule is CC(C)[C@H](NS(=O)(=O)c1ccccc1F)C(=O)NC1CCN(C2CC2)CC1. The molecule has 2 fully saturated rings. The molecular formula is C19H28FN3O3S. The fraction of sp³-hybridized carbons (Fsp3) is 0.632. The minimum absolute atomic E-state index is 0.0479. The Kier molecular flexibility index (Phi) is 6.18. The fourth-order valence-electron chi connectivity index (χ4n) is 3.53. The monoisotopic (exact) mass is 397 g/mol. The number of amides is 1. The van der Waals surface area contributed by atoms with E-state index in [1.54, 1.807) is 13.8 Å². The first kappa shape index (κ1) is 20.2. The van der Waals surface area contributed by atoms with Crippen LogP contribution in [0.3, 0.4) is 0 Å². The number of benzene rings is 1. The molecule has 1 aliphatic carbocycles. The van der Waals surface area contributed by atoms with Gasteiger partial charge in [0.25, 0.3) is 0 Å². The summed E-state index contributed by atoms with van der Waals surface area (Å²) in [7, 11) is -4.13. The highest BCUT2D eigenvalue weighted by atomic mass is 32.2. The molecule has 1 atom stereocenters. The predicted octanol–water partition coefficient (Wildman–Crippen LogP) is 1.87. The molecule has 1 heterocycles. The molecule has 3 rings (SSSR count). The Morgan fingerprint density at radius 3 is 2.33 bits per heavy atom. The van der Waals surface area contributed by atoms with E-state index in [2.05, 4.69) is 14.9 Å². The number of piperidine rings is 1. The summed E-state index contributed by atoms with van der Waals surface area (Å²) in [4.78, 5) is 14.7. The van der Waals surface area contributed by atoms with Crippen LogP contribution in [-0.4, -0.2) is 50.4 Å². The Balaban J connectivity index is 1.62. The van der Waals surface area contributed by atoms with Gasteiger partial charge in [-0.3, -0.25) is 4.79 Å². The van der Waals surface area contributed by atoms with Crippen LogP contribution >= 0.6 is 0 Å². The number of nitrogens with zero attached hydrogens (tertiary/aromatic N) is 1. The molecule has 1 aromatic rings. The molecular weight excluding hydrogens is 369 g/mol. The van der Waals surface area contributed by atoms with Gasteiger partial charge < -0.3 is 10.2 Å². The van der Waals surface area contributed by atoms with Crippen LogP contribution in [0.5, 0.6) is 0 Å². The van der Waals surface area contributed by atoms with Gasteiger partial charge in [0, 0.05) is 25.2 Å². The number of nitrogens with one attached hydrogen (secondary N) is 2. The Morgan fingerprint density at radius 2 is 1.78 bits per heavy atom. The van der Waals surface area contributed by atoms with Gasteiger partial charge in [-0.2, -0.15) is 4.72 Å². The molecule has 0 aromatic heterocycles. The first-order valence-electron chi connectivity index (χ1n) is 9.59. The predicted molar refractivity (Wildman–Crippen MR) is 101 cm³/mol. The standard InChI is InChI=1S/C19H28FN3O3S/c1-13(2)18(22-27(25,26)17-6-4-3-5-16(17)20)19(24)21-14-9-11-23(12-10-14)15-7-8-15/h3-6,13-15,18,22H,7-12H2,1-2H3,(H,21,24)/t18-/m0/s1. The van der Waals surface area contributed by atoms with Crippen molar-refractivity contribution >= 4 is 15.9 Å². The van der Waals surface area contributed by atoms with Crippen molar-refractivity contribution in [2.75, 3.05) is 13.1 Å². The topological polar surface area (TPSA) is 78.5 Å². The second-order valence-electron chi connectivity index (χ2n) is 7.82. The van der Waals surface area contributed by atoms with Gasteiger partial charge in [0.15, 0.2) is 0 Å². The number of sulfonamides is 1. The van der Waals surface area contributed by atoms with Gasteiger partial charge in [0.1, 0.15) is 16.8 Å². The average molecular weight is 398 g/mol. The van der Waals surface area contributed by atoms with Gasteiger partial charge in [-0.05, 0) is 43.7 Å². The Hall–Kier alpha value is -1.51. The molecule has 1 saturated heterocycles. The third kappa shape index (κ3) is 5.06. The van der Waals surface area contributed by atoms with E-state index in [1.807, 2.05) is 0 Å². The molecule has 6 nitrogen and oxygen atoms in total. The maximum atomic E-state index is 13.9. The molecule has 150 valence electrons. The van der Waals surface area contributed by atoms with Crippen molar-refractivity contribution in [1.82, 2.24) is 14.9 Å². The van der Waals surface area contributed by atoms with Gasteiger partial charge in [0.05, 0.1) is 0 Å². The highest BCUT2D eigenvalue weighted by molar-refractivity contribution is 7.89. The van der Waals surface area contributed by atoms with Gasteiger partial charge in [-0.1, -0.05) is 26.0 Å². The molecule has 2 N–H and O–H groups in total. The lowest BCUT2D eigenvalue weighted by Crippen LogP contribution is -2.54. The van der Waals surface area contributed by atoms with Crippen molar-refractivity contribution in [3.05, 3.63) is 30.1 Å². The third-order valence-corrected chi connectivity index (χ3v) is 6.77. The Morgan fingerprint density at radius 1 is 1.15 bits per heavy atom. The van der Waals surface area contributed by atoms with E-state index in [4.69, 9.17) is 0 Å². The van der Waals surface area contributed by atoms with Crippen LogP contribution in [0.15, 0.2) is 29.2 Å². The lowest BCUT2D eigenvalue weighted by Gasteiger charge is -2.33. The van der Waals surface area contributed by atoms with Gasteiger partial charge in [-0.15, -0.1) is 0 Å². The Labute approximate surface area is 160 Å². The third-order valence-electron chi connectivity index (χ3n) is 5.30. The summed E-state index contributed by atoms with van der Waals surface area (Å²) < 4.78 is 41.4. The van der Waals surface area contributed by atoms with Crippen molar-refractivity contribution in [2.24, 2.45) is 5.92 Å². The van der Waals surface area contributed by atoms with Crippen LogP contribution in [0.1, 0.15) is 39.5 Å².